The number of piperidine rings is 2. The van der Waals surface area contributed by atoms with E-state index < -0.39 is 5.82 Å². The van der Waals surface area contributed by atoms with Crippen molar-refractivity contribution in [3.05, 3.63) is 29.6 Å². The van der Waals surface area contributed by atoms with E-state index in [1.54, 1.807) is 6.07 Å². The molecule has 4 nitrogen and oxygen atoms in total. The number of nitrogens with one attached hydrogen (secondary N) is 1. The number of fused-ring (bicyclic) bond motifs is 2. The van der Waals surface area contributed by atoms with Crippen molar-refractivity contribution in [1.29, 1.82) is 0 Å². The van der Waals surface area contributed by atoms with E-state index in [1.165, 1.54) is 31.4 Å². The van der Waals surface area contributed by atoms with Gasteiger partial charge in [-0.15, -0.1) is 0 Å². The van der Waals surface area contributed by atoms with Crippen molar-refractivity contribution >= 4 is 11.6 Å². The van der Waals surface area contributed by atoms with Gasteiger partial charge < -0.3 is 16.0 Å². The third-order valence-electron chi connectivity index (χ3n) is 4.97. The number of anilines is 1. The molecule has 2 unspecified atom stereocenters. The molecule has 1 amide bonds. The summed E-state index contributed by atoms with van der Waals surface area (Å²) in [6.45, 7) is 0. The number of amides is 1. The Labute approximate surface area is 124 Å². The van der Waals surface area contributed by atoms with E-state index in [4.69, 9.17) is 5.73 Å². The molecule has 2 aliphatic heterocycles. The molecule has 114 valence electrons. The molecule has 2 atom stereocenters. The highest BCUT2D eigenvalue weighted by Gasteiger charge is 2.36. The zero-order valence-corrected chi connectivity index (χ0v) is 12.3. The first-order valence-corrected chi connectivity index (χ1v) is 7.63. The van der Waals surface area contributed by atoms with Gasteiger partial charge in [0.15, 0.2) is 0 Å². The fourth-order valence-corrected chi connectivity index (χ4v) is 3.73. The highest BCUT2D eigenvalue weighted by atomic mass is 19.1. The van der Waals surface area contributed by atoms with Crippen molar-refractivity contribution < 1.29 is 9.18 Å². The summed E-state index contributed by atoms with van der Waals surface area (Å²) < 4.78 is 13.4. The standard InChI is InChI=1S/C16H22FN3O/c1-20-11-4-2-5-12(20)9-10(8-11)19-16(21)13-6-3-7-14(17)15(13)18/h3,6-7,10-12H,2,4-5,8-9,18H2,1H3,(H,19,21). The number of hydrogen-bond acceptors (Lipinski definition) is 3. The summed E-state index contributed by atoms with van der Waals surface area (Å²) in [5, 5.41) is 3.04. The van der Waals surface area contributed by atoms with Gasteiger partial charge in [0.1, 0.15) is 5.82 Å². The Bertz CT molecular complexity index is 534. The third kappa shape index (κ3) is 2.75. The fraction of sp³-hybridized carbons (Fsp3) is 0.562. The van der Waals surface area contributed by atoms with Crippen LogP contribution in [0.15, 0.2) is 18.2 Å². The highest BCUT2D eigenvalue weighted by Crippen LogP contribution is 2.32. The Morgan fingerprint density at radius 2 is 2.00 bits per heavy atom. The molecular weight excluding hydrogens is 269 g/mol. The number of nitrogens with zero attached hydrogens (tertiary/aromatic N) is 1. The number of nitrogen functional groups attached to an aromatic ring is 1. The average molecular weight is 291 g/mol. The second-order valence-corrected chi connectivity index (χ2v) is 6.25. The zero-order valence-electron chi connectivity index (χ0n) is 12.3. The molecule has 3 rings (SSSR count). The Morgan fingerprint density at radius 3 is 2.67 bits per heavy atom. The Morgan fingerprint density at radius 1 is 1.33 bits per heavy atom. The van der Waals surface area contributed by atoms with Crippen LogP contribution in [0, 0.1) is 5.82 Å². The van der Waals surface area contributed by atoms with Crippen molar-refractivity contribution in [3.63, 3.8) is 0 Å². The lowest BCUT2D eigenvalue weighted by atomic mass is 9.82. The van der Waals surface area contributed by atoms with Gasteiger partial charge >= 0.3 is 0 Å². The Balaban J connectivity index is 1.69. The van der Waals surface area contributed by atoms with Crippen LogP contribution in [0.5, 0.6) is 0 Å². The lowest BCUT2D eigenvalue weighted by Crippen LogP contribution is -2.55. The second kappa shape index (κ2) is 5.64. The molecule has 0 aromatic heterocycles. The van der Waals surface area contributed by atoms with Gasteiger partial charge in [-0.2, -0.15) is 0 Å². The van der Waals surface area contributed by atoms with E-state index in [9.17, 15) is 9.18 Å². The van der Waals surface area contributed by atoms with Gasteiger partial charge in [0, 0.05) is 18.1 Å². The summed E-state index contributed by atoms with van der Waals surface area (Å²) in [6, 6.07) is 5.62. The summed E-state index contributed by atoms with van der Waals surface area (Å²) in [4.78, 5) is 14.8. The topological polar surface area (TPSA) is 58.4 Å². The van der Waals surface area contributed by atoms with Gasteiger partial charge in [-0.1, -0.05) is 12.5 Å². The van der Waals surface area contributed by atoms with Crippen molar-refractivity contribution in [2.45, 2.75) is 50.2 Å². The van der Waals surface area contributed by atoms with Crippen LogP contribution < -0.4 is 11.1 Å². The van der Waals surface area contributed by atoms with E-state index in [0.717, 1.165) is 12.8 Å². The van der Waals surface area contributed by atoms with Crippen molar-refractivity contribution in [2.24, 2.45) is 0 Å². The van der Waals surface area contributed by atoms with Crippen LogP contribution in [0.2, 0.25) is 0 Å². The minimum atomic E-state index is -0.539. The highest BCUT2D eigenvalue weighted by molar-refractivity contribution is 5.99. The van der Waals surface area contributed by atoms with E-state index in [0.29, 0.717) is 12.1 Å². The van der Waals surface area contributed by atoms with Crippen LogP contribution in [0.4, 0.5) is 10.1 Å². The quantitative estimate of drug-likeness (QED) is 0.821. The normalized spacial score (nSPS) is 29.1. The smallest absolute Gasteiger partial charge is 0.253 e. The number of hydrogen-bond donors (Lipinski definition) is 2. The SMILES string of the molecule is CN1C2CCCC1CC(NC(=O)c1cccc(F)c1N)C2. The first-order chi connectivity index (χ1) is 10.1. The molecule has 2 saturated heterocycles. The molecule has 5 heteroatoms. The molecule has 3 N–H and O–H groups in total. The molecule has 2 fully saturated rings. The van der Waals surface area contributed by atoms with E-state index in [2.05, 4.69) is 17.3 Å². The van der Waals surface area contributed by atoms with Crippen LogP contribution in [-0.4, -0.2) is 36.0 Å². The third-order valence-corrected chi connectivity index (χ3v) is 4.97. The summed E-state index contributed by atoms with van der Waals surface area (Å²) in [5.74, 6) is -0.803. The summed E-state index contributed by atoms with van der Waals surface area (Å²) in [6.07, 6.45) is 5.60. The maximum absolute atomic E-state index is 13.4. The minimum absolute atomic E-state index is 0.0666. The van der Waals surface area contributed by atoms with Gasteiger partial charge in [-0.25, -0.2) is 4.39 Å². The molecule has 21 heavy (non-hydrogen) atoms. The number of para-hydroxylation sites is 1. The summed E-state index contributed by atoms with van der Waals surface area (Å²) in [7, 11) is 2.18. The zero-order chi connectivity index (χ0) is 15.0. The number of nitrogens with two attached hydrogens (primary N) is 1. The van der Waals surface area contributed by atoms with E-state index in [-0.39, 0.29) is 23.2 Å². The molecule has 0 aliphatic carbocycles. The molecule has 1 aromatic carbocycles. The van der Waals surface area contributed by atoms with Crippen molar-refractivity contribution in [2.75, 3.05) is 12.8 Å². The van der Waals surface area contributed by atoms with Crippen LogP contribution >= 0.6 is 0 Å². The first kappa shape index (κ1) is 14.3. The number of carbonyl (C=O) groups excluding carboxylic acids is 1. The summed E-state index contributed by atoms with van der Waals surface area (Å²) in [5.41, 5.74) is 5.83. The van der Waals surface area contributed by atoms with Crippen LogP contribution in [0.3, 0.4) is 0 Å². The van der Waals surface area contributed by atoms with Gasteiger partial charge in [0.25, 0.3) is 5.91 Å². The van der Waals surface area contributed by atoms with E-state index in [1.807, 2.05) is 0 Å². The van der Waals surface area contributed by atoms with Gasteiger partial charge in [0.2, 0.25) is 0 Å². The number of benzene rings is 1. The van der Waals surface area contributed by atoms with Crippen molar-refractivity contribution in [3.8, 4) is 0 Å². The molecule has 2 heterocycles. The Hall–Kier alpha value is -1.62. The lowest BCUT2D eigenvalue weighted by molar-refractivity contribution is 0.0463. The fourth-order valence-electron chi connectivity index (χ4n) is 3.73. The second-order valence-electron chi connectivity index (χ2n) is 6.25. The molecule has 0 radical (unpaired) electrons. The number of rotatable bonds is 2. The Kier molecular flexibility index (Phi) is 3.85. The molecular formula is C16H22FN3O. The predicted molar refractivity (Wildman–Crippen MR) is 80.5 cm³/mol. The maximum Gasteiger partial charge on any atom is 0.253 e. The first-order valence-electron chi connectivity index (χ1n) is 7.63. The molecule has 2 bridgehead atoms. The van der Waals surface area contributed by atoms with E-state index >= 15 is 0 Å². The minimum Gasteiger partial charge on any atom is -0.396 e. The van der Waals surface area contributed by atoms with Gasteiger partial charge in [-0.3, -0.25) is 4.79 Å². The molecule has 0 spiro atoms. The van der Waals surface area contributed by atoms with Gasteiger partial charge in [-0.05, 0) is 44.9 Å². The van der Waals surface area contributed by atoms with Crippen LogP contribution in [0.25, 0.3) is 0 Å². The maximum atomic E-state index is 13.4. The molecule has 1 aromatic rings. The van der Waals surface area contributed by atoms with Crippen LogP contribution in [-0.2, 0) is 0 Å². The average Bonchev–Trinajstić information content (AvgIpc) is 2.43. The summed E-state index contributed by atoms with van der Waals surface area (Å²) >= 11 is 0. The molecule has 2 aliphatic rings. The monoisotopic (exact) mass is 291 g/mol. The lowest BCUT2D eigenvalue weighted by Gasteiger charge is -2.47. The van der Waals surface area contributed by atoms with Gasteiger partial charge in [0.05, 0.1) is 11.3 Å². The van der Waals surface area contributed by atoms with Crippen LogP contribution in [0.1, 0.15) is 42.5 Å². The van der Waals surface area contributed by atoms with Crippen molar-refractivity contribution in [1.82, 2.24) is 10.2 Å². The predicted octanol–water partition coefficient (Wildman–Crippen LogP) is 2.15. The molecule has 0 saturated carbocycles. The largest absolute Gasteiger partial charge is 0.396 e. The number of carbonyl (C=O) groups is 1. The number of halogens is 1.